The van der Waals surface area contributed by atoms with Crippen molar-refractivity contribution in [2.45, 2.75) is 17.3 Å². The molecule has 1 amide bonds. The van der Waals surface area contributed by atoms with Gasteiger partial charge in [-0.3, -0.25) is 4.79 Å². The van der Waals surface area contributed by atoms with E-state index in [9.17, 15) is 4.79 Å². The minimum Gasteiger partial charge on any atom is -0.324 e. The van der Waals surface area contributed by atoms with E-state index in [2.05, 4.69) is 10.3 Å². The number of carbonyl (C=O) groups is 1. The SMILES string of the molecule is CC(Sc1ncc(-c2ccccc2)n1C)C(=O)Nc1ccccc1Cl. The zero-order chi connectivity index (χ0) is 17.8. The van der Waals surface area contributed by atoms with Gasteiger partial charge in [0.05, 0.1) is 27.9 Å². The van der Waals surface area contributed by atoms with E-state index < -0.39 is 0 Å². The van der Waals surface area contributed by atoms with Crippen LogP contribution in [0.3, 0.4) is 0 Å². The predicted molar refractivity (Wildman–Crippen MR) is 104 cm³/mol. The zero-order valence-electron chi connectivity index (χ0n) is 13.9. The fourth-order valence-corrected chi connectivity index (χ4v) is 3.42. The lowest BCUT2D eigenvalue weighted by atomic mass is 10.2. The van der Waals surface area contributed by atoms with Gasteiger partial charge in [-0.1, -0.05) is 65.8 Å². The molecule has 128 valence electrons. The smallest absolute Gasteiger partial charge is 0.237 e. The van der Waals surface area contributed by atoms with Crippen molar-refractivity contribution in [3.05, 3.63) is 65.8 Å². The third-order valence-electron chi connectivity index (χ3n) is 3.80. The molecule has 1 unspecified atom stereocenters. The Labute approximate surface area is 156 Å². The van der Waals surface area contributed by atoms with Gasteiger partial charge in [0.25, 0.3) is 0 Å². The fourth-order valence-electron chi connectivity index (χ4n) is 2.39. The molecule has 1 atom stereocenters. The molecule has 0 aliphatic carbocycles. The lowest BCUT2D eigenvalue weighted by molar-refractivity contribution is -0.115. The summed E-state index contributed by atoms with van der Waals surface area (Å²) in [5.74, 6) is -0.109. The van der Waals surface area contributed by atoms with E-state index in [1.807, 2.05) is 67.2 Å². The molecule has 4 nitrogen and oxygen atoms in total. The van der Waals surface area contributed by atoms with Crippen LogP contribution in [0.2, 0.25) is 5.02 Å². The van der Waals surface area contributed by atoms with Gasteiger partial charge in [0.2, 0.25) is 5.91 Å². The topological polar surface area (TPSA) is 46.9 Å². The maximum atomic E-state index is 12.4. The van der Waals surface area contributed by atoms with Crippen LogP contribution in [0, 0.1) is 0 Å². The minimum absolute atomic E-state index is 0.109. The number of thioether (sulfide) groups is 1. The molecule has 2 aromatic carbocycles. The Bertz CT molecular complexity index is 879. The molecule has 0 saturated heterocycles. The number of carbonyl (C=O) groups excluding carboxylic acids is 1. The molecule has 0 radical (unpaired) electrons. The summed E-state index contributed by atoms with van der Waals surface area (Å²) in [6.45, 7) is 1.85. The molecule has 6 heteroatoms. The minimum atomic E-state index is -0.305. The first-order valence-electron chi connectivity index (χ1n) is 7.85. The lowest BCUT2D eigenvalue weighted by Gasteiger charge is -2.13. The highest BCUT2D eigenvalue weighted by Crippen LogP contribution is 2.28. The number of aromatic nitrogens is 2. The Balaban J connectivity index is 1.71. The number of hydrogen-bond acceptors (Lipinski definition) is 3. The maximum absolute atomic E-state index is 12.4. The molecule has 1 aromatic heterocycles. The molecule has 25 heavy (non-hydrogen) atoms. The number of nitrogens with one attached hydrogen (secondary N) is 1. The number of hydrogen-bond donors (Lipinski definition) is 1. The van der Waals surface area contributed by atoms with E-state index in [4.69, 9.17) is 11.6 Å². The van der Waals surface area contributed by atoms with Crippen LogP contribution in [0.15, 0.2) is 66.0 Å². The van der Waals surface area contributed by atoms with E-state index in [1.165, 1.54) is 11.8 Å². The molecule has 0 aliphatic heterocycles. The van der Waals surface area contributed by atoms with Gasteiger partial charge in [0.1, 0.15) is 0 Å². The van der Waals surface area contributed by atoms with Crippen LogP contribution in [-0.2, 0) is 11.8 Å². The second-order valence-corrected chi connectivity index (χ2v) is 7.30. The first-order valence-corrected chi connectivity index (χ1v) is 9.11. The number of halogens is 1. The summed E-state index contributed by atoms with van der Waals surface area (Å²) in [6, 6.07) is 17.3. The van der Waals surface area contributed by atoms with Crippen LogP contribution in [-0.4, -0.2) is 20.7 Å². The summed E-state index contributed by atoms with van der Waals surface area (Å²) in [4.78, 5) is 16.9. The third kappa shape index (κ3) is 4.06. The largest absolute Gasteiger partial charge is 0.324 e. The molecule has 1 N–H and O–H groups in total. The van der Waals surface area contributed by atoms with Crippen LogP contribution < -0.4 is 5.32 Å². The highest BCUT2D eigenvalue weighted by molar-refractivity contribution is 8.00. The summed E-state index contributed by atoms with van der Waals surface area (Å²) >= 11 is 7.51. The first kappa shape index (κ1) is 17.6. The highest BCUT2D eigenvalue weighted by Gasteiger charge is 2.19. The standard InChI is InChI=1S/C19H18ClN3OS/c1-13(18(24)22-16-11-7-6-10-15(16)20)25-19-21-12-17(23(19)2)14-8-4-3-5-9-14/h3-13H,1-2H3,(H,22,24). The van der Waals surface area contributed by atoms with Crippen molar-refractivity contribution in [3.63, 3.8) is 0 Å². The van der Waals surface area contributed by atoms with Gasteiger partial charge in [-0.15, -0.1) is 0 Å². The number of nitrogens with zero attached hydrogens (tertiary/aromatic N) is 2. The van der Waals surface area contributed by atoms with Gasteiger partial charge in [0.15, 0.2) is 5.16 Å². The van der Waals surface area contributed by atoms with E-state index in [0.29, 0.717) is 10.7 Å². The number of rotatable bonds is 5. The van der Waals surface area contributed by atoms with E-state index in [0.717, 1.165) is 16.4 Å². The summed E-state index contributed by atoms with van der Waals surface area (Å²) in [5.41, 5.74) is 2.73. The molecule has 0 saturated carbocycles. The van der Waals surface area contributed by atoms with Crippen molar-refractivity contribution in [2.24, 2.45) is 7.05 Å². The average Bonchev–Trinajstić information content (AvgIpc) is 2.98. The number of amides is 1. The van der Waals surface area contributed by atoms with Crippen molar-refractivity contribution in [1.29, 1.82) is 0 Å². The average molecular weight is 372 g/mol. The molecule has 0 bridgehead atoms. The first-order chi connectivity index (χ1) is 12.1. The number of benzene rings is 2. The van der Waals surface area contributed by atoms with Crippen molar-refractivity contribution >= 4 is 35.0 Å². The van der Waals surface area contributed by atoms with Gasteiger partial charge in [-0.2, -0.15) is 0 Å². The van der Waals surface area contributed by atoms with Crippen LogP contribution in [0.25, 0.3) is 11.3 Å². The Morgan fingerprint density at radius 1 is 1.16 bits per heavy atom. The maximum Gasteiger partial charge on any atom is 0.237 e. The molecular weight excluding hydrogens is 354 g/mol. The predicted octanol–water partition coefficient (Wildman–Crippen LogP) is 4.86. The van der Waals surface area contributed by atoms with Gasteiger partial charge in [-0.25, -0.2) is 4.98 Å². The van der Waals surface area contributed by atoms with Gasteiger partial charge in [-0.05, 0) is 24.6 Å². The molecule has 3 aromatic rings. The van der Waals surface area contributed by atoms with Crippen LogP contribution in [0.4, 0.5) is 5.69 Å². The van der Waals surface area contributed by atoms with Crippen molar-refractivity contribution < 1.29 is 4.79 Å². The molecular formula is C19H18ClN3OS. The highest BCUT2D eigenvalue weighted by atomic mass is 35.5. The van der Waals surface area contributed by atoms with Gasteiger partial charge < -0.3 is 9.88 Å². The normalized spacial score (nSPS) is 12.0. The summed E-state index contributed by atoms with van der Waals surface area (Å²) in [5, 5.41) is 3.87. The number of para-hydroxylation sites is 1. The second kappa shape index (κ2) is 7.76. The second-order valence-electron chi connectivity index (χ2n) is 5.58. The van der Waals surface area contributed by atoms with Gasteiger partial charge in [0, 0.05) is 7.05 Å². The molecule has 1 heterocycles. The lowest BCUT2D eigenvalue weighted by Crippen LogP contribution is -2.23. The van der Waals surface area contributed by atoms with Crippen LogP contribution in [0.1, 0.15) is 6.92 Å². The fraction of sp³-hybridized carbons (Fsp3) is 0.158. The monoisotopic (exact) mass is 371 g/mol. The Hall–Kier alpha value is -2.24. The third-order valence-corrected chi connectivity index (χ3v) is 5.29. The van der Waals surface area contributed by atoms with E-state index in [-0.39, 0.29) is 11.2 Å². The quantitative estimate of drug-likeness (QED) is 0.651. The molecule has 0 aliphatic rings. The molecule has 0 spiro atoms. The summed E-state index contributed by atoms with van der Waals surface area (Å²) < 4.78 is 2.00. The van der Waals surface area contributed by atoms with Gasteiger partial charge >= 0.3 is 0 Å². The van der Waals surface area contributed by atoms with E-state index in [1.54, 1.807) is 12.1 Å². The van der Waals surface area contributed by atoms with Crippen molar-refractivity contribution in [2.75, 3.05) is 5.32 Å². The summed E-state index contributed by atoms with van der Waals surface area (Å²) in [7, 11) is 1.95. The molecule has 0 fully saturated rings. The van der Waals surface area contributed by atoms with Crippen LogP contribution >= 0.6 is 23.4 Å². The Morgan fingerprint density at radius 3 is 2.56 bits per heavy atom. The number of anilines is 1. The Kier molecular flexibility index (Phi) is 5.46. The van der Waals surface area contributed by atoms with Crippen molar-refractivity contribution in [3.8, 4) is 11.3 Å². The summed E-state index contributed by atoms with van der Waals surface area (Å²) in [6.07, 6.45) is 1.83. The zero-order valence-corrected chi connectivity index (χ0v) is 15.5. The molecule has 3 rings (SSSR count). The Morgan fingerprint density at radius 2 is 1.84 bits per heavy atom. The van der Waals surface area contributed by atoms with E-state index >= 15 is 0 Å². The number of imidazole rings is 1. The van der Waals surface area contributed by atoms with Crippen molar-refractivity contribution in [1.82, 2.24) is 9.55 Å². The van der Waals surface area contributed by atoms with Crippen LogP contribution in [0.5, 0.6) is 0 Å².